The summed E-state index contributed by atoms with van der Waals surface area (Å²) >= 11 is 12.0. The van der Waals surface area contributed by atoms with Crippen LogP contribution in [0.3, 0.4) is 0 Å². The molecule has 0 radical (unpaired) electrons. The lowest BCUT2D eigenvalue weighted by molar-refractivity contribution is -0.124. The Morgan fingerprint density at radius 1 is 1.09 bits per heavy atom. The summed E-state index contributed by atoms with van der Waals surface area (Å²) in [5.74, 6) is -1.07. The highest BCUT2D eigenvalue weighted by atomic mass is 35.5. The Balaban J connectivity index is 1.62. The third-order valence-electron chi connectivity index (χ3n) is 5.74. The van der Waals surface area contributed by atoms with Crippen molar-refractivity contribution in [2.45, 2.75) is 32.9 Å². The highest BCUT2D eigenvalue weighted by molar-refractivity contribution is 7.80. The van der Waals surface area contributed by atoms with E-state index >= 15 is 0 Å². The second kappa shape index (κ2) is 9.91. The maximum absolute atomic E-state index is 13.5. The van der Waals surface area contributed by atoms with Gasteiger partial charge in [-0.1, -0.05) is 47.5 Å². The number of aryl methyl sites for hydroxylation is 2. The van der Waals surface area contributed by atoms with Crippen molar-refractivity contribution in [2.24, 2.45) is 0 Å². The van der Waals surface area contributed by atoms with Crippen LogP contribution >= 0.6 is 23.8 Å². The number of benzene rings is 3. The van der Waals surface area contributed by atoms with Gasteiger partial charge in [0, 0.05) is 17.3 Å². The lowest BCUT2D eigenvalue weighted by Gasteiger charge is -2.24. The maximum Gasteiger partial charge on any atom is 0.256 e. The minimum absolute atomic E-state index is 0.103. The standard InChI is InChI=1S/C26H23ClFN3O2S/c1-16-7-12-22(17(2)13-16)29-24(32)14-23-25(33)31(20-10-8-19(28)9-11-20)26(34)30(23)15-18-5-3-4-6-21(18)27/h3-13,23H,14-15H2,1-2H3,(H,29,32). The van der Waals surface area contributed by atoms with E-state index in [4.69, 9.17) is 23.8 Å². The summed E-state index contributed by atoms with van der Waals surface area (Å²) in [6.45, 7) is 4.15. The molecule has 3 aromatic rings. The van der Waals surface area contributed by atoms with Gasteiger partial charge in [-0.3, -0.25) is 14.5 Å². The number of thiocarbonyl (C=S) groups is 1. The number of hydrogen-bond acceptors (Lipinski definition) is 3. The fraction of sp³-hybridized carbons (Fsp3) is 0.192. The van der Waals surface area contributed by atoms with Gasteiger partial charge in [0.2, 0.25) is 5.91 Å². The van der Waals surface area contributed by atoms with Gasteiger partial charge in [0.25, 0.3) is 5.91 Å². The first kappa shape index (κ1) is 23.9. The summed E-state index contributed by atoms with van der Waals surface area (Å²) in [5, 5.41) is 3.68. The summed E-state index contributed by atoms with van der Waals surface area (Å²) in [7, 11) is 0. The third-order valence-corrected chi connectivity index (χ3v) is 6.52. The lowest BCUT2D eigenvalue weighted by Crippen LogP contribution is -2.37. The van der Waals surface area contributed by atoms with Gasteiger partial charge in [-0.05, 0) is 73.6 Å². The van der Waals surface area contributed by atoms with E-state index in [1.54, 1.807) is 11.0 Å². The van der Waals surface area contributed by atoms with Crippen LogP contribution < -0.4 is 10.2 Å². The molecule has 1 aliphatic rings. The molecular formula is C26H23ClFN3O2S. The minimum atomic E-state index is -0.834. The van der Waals surface area contributed by atoms with E-state index in [0.717, 1.165) is 16.7 Å². The summed E-state index contributed by atoms with van der Waals surface area (Å²) in [6, 6.07) is 17.7. The van der Waals surface area contributed by atoms with Crippen molar-refractivity contribution in [1.82, 2.24) is 4.90 Å². The van der Waals surface area contributed by atoms with Crippen molar-refractivity contribution in [3.05, 3.63) is 94.3 Å². The molecule has 0 bridgehead atoms. The number of rotatable bonds is 6. The van der Waals surface area contributed by atoms with E-state index in [-0.39, 0.29) is 29.9 Å². The summed E-state index contributed by atoms with van der Waals surface area (Å²) in [6.07, 6.45) is -0.103. The van der Waals surface area contributed by atoms with Crippen molar-refractivity contribution < 1.29 is 14.0 Å². The van der Waals surface area contributed by atoms with E-state index in [9.17, 15) is 14.0 Å². The molecule has 5 nitrogen and oxygen atoms in total. The number of amides is 2. The highest BCUT2D eigenvalue weighted by Gasteiger charge is 2.44. The monoisotopic (exact) mass is 495 g/mol. The molecule has 174 valence electrons. The van der Waals surface area contributed by atoms with Crippen molar-refractivity contribution in [3.63, 3.8) is 0 Å². The second-order valence-electron chi connectivity index (χ2n) is 8.24. The third kappa shape index (κ3) is 4.95. The van der Waals surface area contributed by atoms with E-state index in [0.29, 0.717) is 16.4 Å². The average Bonchev–Trinajstić information content (AvgIpc) is 3.02. The van der Waals surface area contributed by atoms with E-state index in [1.165, 1.54) is 29.2 Å². The number of carbonyl (C=O) groups is 2. The van der Waals surface area contributed by atoms with Crippen molar-refractivity contribution >= 4 is 52.1 Å². The Labute approximate surface area is 208 Å². The van der Waals surface area contributed by atoms with E-state index < -0.39 is 11.9 Å². The first-order valence-electron chi connectivity index (χ1n) is 10.7. The molecule has 1 unspecified atom stereocenters. The van der Waals surface area contributed by atoms with Crippen molar-refractivity contribution in [1.29, 1.82) is 0 Å². The van der Waals surface area contributed by atoms with Crippen molar-refractivity contribution in [3.8, 4) is 0 Å². The van der Waals surface area contributed by atoms with Crippen LogP contribution in [-0.2, 0) is 16.1 Å². The normalized spacial score (nSPS) is 15.7. The molecule has 1 heterocycles. The van der Waals surface area contributed by atoms with Gasteiger partial charge >= 0.3 is 0 Å². The van der Waals surface area contributed by atoms with E-state index in [2.05, 4.69) is 5.32 Å². The maximum atomic E-state index is 13.5. The second-order valence-corrected chi connectivity index (χ2v) is 9.01. The largest absolute Gasteiger partial charge is 0.332 e. The fourth-order valence-corrected chi connectivity index (χ4v) is 4.57. The zero-order chi connectivity index (χ0) is 24.4. The number of anilines is 2. The number of carbonyl (C=O) groups excluding carboxylic acids is 2. The molecule has 34 heavy (non-hydrogen) atoms. The van der Waals surface area contributed by atoms with Gasteiger partial charge < -0.3 is 10.2 Å². The quantitative estimate of drug-likeness (QED) is 0.450. The van der Waals surface area contributed by atoms with Crippen LogP contribution in [0.15, 0.2) is 66.7 Å². The Morgan fingerprint density at radius 3 is 2.47 bits per heavy atom. The van der Waals surface area contributed by atoms with Crippen LogP contribution in [0.25, 0.3) is 0 Å². The fourth-order valence-electron chi connectivity index (χ4n) is 3.98. The topological polar surface area (TPSA) is 52.7 Å². The summed E-state index contributed by atoms with van der Waals surface area (Å²) in [5.41, 5.74) is 3.93. The molecule has 2 amide bonds. The zero-order valence-corrected chi connectivity index (χ0v) is 20.3. The molecule has 0 aromatic heterocycles. The molecule has 1 aliphatic heterocycles. The molecule has 4 rings (SSSR count). The average molecular weight is 496 g/mol. The molecule has 0 spiro atoms. The minimum Gasteiger partial charge on any atom is -0.332 e. The Morgan fingerprint density at radius 2 is 1.79 bits per heavy atom. The molecule has 1 N–H and O–H groups in total. The molecule has 1 fully saturated rings. The number of nitrogens with zero attached hydrogens (tertiary/aromatic N) is 2. The molecule has 3 aromatic carbocycles. The number of halogens is 2. The van der Waals surface area contributed by atoms with Crippen LogP contribution in [0.5, 0.6) is 0 Å². The Bertz CT molecular complexity index is 1270. The van der Waals surface area contributed by atoms with Crippen LogP contribution in [0.1, 0.15) is 23.1 Å². The van der Waals surface area contributed by atoms with Crippen LogP contribution in [0.2, 0.25) is 5.02 Å². The number of hydrogen-bond donors (Lipinski definition) is 1. The predicted octanol–water partition coefficient (Wildman–Crippen LogP) is 5.63. The summed E-state index contributed by atoms with van der Waals surface area (Å²) < 4.78 is 13.5. The van der Waals surface area contributed by atoms with Gasteiger partial charge in [-0.15, -0.1) is 0 Å². The predicted molar refractivity (Wildman–Crippen MR) is 136 cm³/mol. The van der Waals surface area contributed by atoms with Crippen LogP contribution in [0, 0.1) is 19.7 Å². The van der Waals surface area contributed by atoms with E-state index in [1.807, 2.05) is 50.2 Å². The van der Waals surface area contributed by atoms with Gasteiger partial charge in [-0.25, -0.2) is 4.39 Å². The van der Waals surface area contributed by atoms with Crippen LogP contribution in [0.4, 0.5) is 15.8 Å². The Hall–Kier alpha value is -3.29. The van der Waals surface area contributed by atoms with Crippen LogP contribution in [-0.4, -0.2) is 27.9 Å². The molecule has 1 atom stereocenters. The molecule has 0 aliphatic carbocycles. The van der Waals surface area contributed by atoms with Gasteiger partial charge in [0.1, 0.15) is 11.9 Å². The molecule has 8 heteroatoms. The number of nitrogens with one attached hydrogen (secondary N) is 1. The van der Waals surface area contributed by atoms with Gasteiger partial charge in [0.15, 0.2) is 5.11 Å². The van der Waals surface area contributed by atoms with Gasteiger partial charge in [-0.2, -0.15) is 0 Å². The highest BCUT2D eigenvalue weighted by Crippen LogP contribution is 2.30. The Kier molecular flexibility index (Phi) is 6.95. The summed E-state index contributed by atoms with van der Waals surface area (Å²) in [4.78, 5) is 29.5. The lowest BCUT2D eigenvalue weighted by atomic mass is 10.1. The molecule has 0 saturated carbocycles. The van der Waals surface area contributed by atoms with Crippen molar-refractivity contribution in [2.75, 3.05) is 10.2 Å². The zero-order valence-electron chi connectivity index (χ0n) is 18.7. The SMILES string of the molecule is Cc1ccc(NC(=O)CC2C(=O)N(c3ccc(F)cc3)C(=S)N2Cc2ccccc2Cl)c(C)c1. The smallest absolute Gasteiger partial charge is 0.256 e. The first-order valence-corrected chi connectivity index (χ1v) is 11.5. The van der Waals surface area contributed by atoms with Gasteiger partial charge in [0.05, 0.1) is 12.1 Å². The first-order chi connectivity index (χ1) is 16.2. The molecule has 1 saturated heterocycles. The molecular weight excluding hydrogens is 473 g/mol.